The van der Waals surface area contributed by atoms with Crippen molar-refractivity contribution < 1.29 is 9.76 Å². The van der Waals surface area contributed by atoms with E-state index in [1.165, 1.54) is 21.5 Å². The third-order valence-electron chi connectivity index (χ3n) is 5.04. The number of tetrazole rings is 1. The van der Waals surface area contributed by atoms with Crippen molar-refractivity contribution in [3.05, 3.63) is 79.8 Å². The zero-order valence-electron chi connectivity index (χ0n) is 16.6. The van der Waals surface area contributed by atoms with E-state index in [1.54, 1.807) is 32.2 Å². The molecule has 0 bridgehead atoms. The van der Waals surface area contributed by atoms with Crippen LogP contribution in [0.5, 0.6) is 0 Å². The molecule has 0 aliphatic heterocycles. The van der Waals surface area contributed by atoms with Crippen molar-refractivity contribution in [2.45, 2.75) is 32.3 Å². The van der Waals surface area contributed by atoms with Crippen LogP contribution in [0.4, 0.5) is 5.69 Å². The molecule has 10 nitrogen and oxygen atoms in total. The number of hydrogen-bond donors (Lipinski definition) is 0. The van der Waals surface area contributed by atoms with Gasteiger partial charge in [0.05, 0.1) is 16.3 Å². The fourth-order valence-corrected chi connectivity index (χ4v) is 3.28. The first kappa shape index (κ1) is 19.5. The van der Waals surface area contributed by atoms with Crippen molar-refractivity contribution in [1.82, 2.24) is 19.8 Å². The molecule has 1 aliphatic rings. The lowest BCUT2D eigenvalue weighted by atomic mass is 10.0. The van der Waals surface area contributed by atoms with Crippen LogP contribution in [0.2, 0.25) is 0 Å². The molecule has 1 aliphatic carbocycles. The number of non-ortho nitro benzene ring substituents is 1. The topological polar surface area (TPSA) is 117 Å². The minimum atomic E-state index is -0.450. The van der Waals surface area contributed by atoms with Gasteiger partial charge in [0.15, 0.2) is 0 Å². The number of rotatable bonds is 7. The lowest BCUT2D eigenvalue weighted by molar-refractivity contribution is -0.384. The van der Waals surface area contributed by atoms with Crippen LogP contribution in [0.3, 0.4) is 0 Å². The predicted molar refractivity (Wildman–Crippen MR) is 109 cm³/mol. The highest BCUT2D eigenvalue weighted by molar-refractivity contribution is 5.98. The van der Waals surface area contributed by atoms with Crippen molar-refractivity contribution in [1.29, 1.82) is 0 Å². The molecule has 154 valence electrons. The van der Waals surface area contributed by atoms with E-state index in [9.17, 15) is 14.9 Å². The fraction of sp³-hybridized carbons (Fsp3) is 0.300. The number of nitrogens with zero attached hydrogens (tertiary/aromatic N) is 6. The van der Waals surface area contributed by atoms with Gasteiger partial charge in [0.2, 0.25) is 0 Å². The Morgan fingerprint density at radius 3 is 2.70 bits per heavy atom. The third-order valence-corrected chi connectivity index (χ3v) is 5.04. The number of nitro benzene ring substituents is 1. The Morgan fingerprint density at radius 2 is 2.03 bits per heavy atom. The summed E-state index contributed by atoms with van der Waals surface area (Å²) in [7, 11) is 1.54. The van der Waals surface area contributed by atoms with E-state index in [1.807, 2.05) is 12.1 Å². The molecule has 0 atom stereocenters. The highest BCUT2D eigenvalue weighted by Gasteiger charge is 2.28. The van der Waals surface area contributed by atoms with Gasteiger partial charge >= 0.3 is 5.69 Å². The molecule has 0 amide bonds. The lowest BCUT2D eigenvalue weighted by Crippen LogP contribution is -2.23. The molecule has 3 aromatic rings. The predicted octanol–water partition coefficient (Wildman–Crippen LogP) is 2.69. The van der Waals surface area contributed by atoms with Crippen LogP contribution in [0, 0.1) is 10.1 Å². The second-order valence-corrected chi connectivity index (χ2v) is 7.17. The smallest absolute Gasteiger partial charge is 0.368 e. The van der Waals surface area contributed by atoms with Gasteiger partial charge < -0.3 is 4.84 Å². The van der Waals surface area contributed by atoms with Crippen LogP contribution in [0.15, 0.2) is 52.4 Å². The van der Waals surface area contributed by atoms with Gasteiger partial charge in [0.25, 0.3) is 5.69 Å². The monoisotopic (exact) mass is 408 g/mol. The Bertz CT molecular complexity index is 1190. The molecule has 0 spiro atoms. The summed E-state index contributed by atoms with van der Waals surface area (Å²) in [6, 6.07) is 11.9. The maximum atomic E-state index is 12.3. The number of hydrogen-bond acceptors (Lipinski definition) is 7. The number of nitro groups is 1. The minimum absolute atomic E-state index is 0.00885. The average molecular weight is 408 g/mol. The normalized spacial score (nSPS) is 14.0. The second-order valence-electron chi connectivity index (χ2n) is 7.17. The SMILES string of the molecule is CC(=NOCc1c(C2CC2)cccc1-n1nnn(C)c1=O)c1cccc([N+](=O)[O-])c1. The lowest BCUT2D eigenvalue weighted by Gasteiger charge is -2.13. The minimum Gasteiger partial charge on any atom is -0.391 e. The Labute approximate surface area is 171 Å². The van der Waals surface area contributed by atoms with Crippen LogP contribution < -0.4 is 5.69 Å². The number of aryl methyl sites for hydroxylation is 1. The van der Waals surface area contributed by atoms with Crippen LogP contribution in [-0.2, 0) is 18.5 Å². The van der Waals surface area contributed by atoms with Gasteiger partial charge in [-0.25, -0.2) is 4.79 Å². The van der Waals surface area contributed by atoms with E-state index < -0.39 is 4.92 Å². The first-order valence-corrected chi connectivity index (χ1v) is 9.48. The summed E-state index contributed by atoms with van der Waals surface area (Å²) in [5.74, 6) is 0.428. The molecule has 10 heteroatoms. The zero-order chi connectivity index (χ0) is 21.3. The molecule has 1 aromatic heterocycles. The van der Waals surface area contributed by atoms with Crippen molar-refractivity contribution in [3.63, 3.8) is 0 Å². The molecule has 0 radical (unpaired) electrons. The number of benzene rings is 2. The van der Waals surface area contributed by atoms with Crippen molar-refractivity contribution in [3.8, 4) is 5.69 Å². The summed E-state index contributed by atoms with van der Waals surface area (Å²) in [5, 5.41) is 22.9. The molecule has 30 heavy (non-hydrogen) atoms. The first-order chi connectivity index (χ1) is 14.5. The summed E-state index contributed by atoms with van der Waals surface area (Å²) in [6.45, 7) is 1.86. The Kier molecular flexibility index (Phi) is 5.13. The van der Waals surface area contributed by atoms with E-state index in [4.69, 9.17) is 4.84 Å². The van der Waals surface area contributed by atoms with E-state index in [0.29, 0.717) is 22.9 Å². The Hall–Kier alpha value is -3.82. The standard InChI is InChI=1S/C20H20N6O4/c1-13(15-5-3-6-16(11-15)26(28)29)21-30-12-18-17(14-9-10-14)7-4-8-19(18)25-20(27)24(2)22-23-25/h3-8,11,14H,9-10,12H2,1-2H3. The summed E-state index contributed by atoms with van der Waals surface area (Å²) in [5.41, 5.74) is 3.31. The fourth-order valence-electron chi connectivity index (χ4n) is 3.28. The molecule has 0 unspecified atom stereocenters. The number of oxime groups is 1. The Balaban J connectivity index is 1.62. The molecule has 1 fully saturated rings. The molecule has 2 aromatic carbocycles. The molecule has 1 saturated carbocycles. The summed E-state index contributed by atoms with van der Waals surface area (Å²) in [6.07, 6.45) is 2.17. The van der Waals surface area contributed by atoms with Crippen LogP contribution in [0.25, 0.3) is 5.69 Å². The van der Waals surface area contributed by atoms with Gasteiger partial charge in [-0.15, -0.1) is 0 Å². The van der Waals surface area contributed by atoms with Gasteiger partial charge in [-0.3, -0.25) is 10.1 Å². The molecule has 1 heterocycles. The van der Waals surface area contributed by atoms with Crippen LogP contribution in [0.1, 0.15) is 42.4 Å². The van der Waals surface area contributed by atoms with Gasteiger partial charge in [0, 0.05) is 30.3 Å². The summed E-state index contributed by atoms with van der Waals surface area (Å²) >= 11 is 0. The van der Waals surface area contributed by atoms with Gasteiger partial charge in [-0.05, 0) is 47.7 Å². The van der Waals surface area contributed by atoms with Gasteiger partial charge in [0.1, 0.15) is 6.61 Å². The molecular weight excluding hydrogens is 388 g/mol. The van der Waals surface area contributed by atoms with Crippen LogP contribution in [-0.4, -0.2) is 30.4 Å². The largest absolute Gasteiger partial charge is 0.391 e. The Morgan fingerprint density at radius 1 is 1.27 bits per heavy atom. The molecule has 0 N–H and O–H groups in total. The van der Waals surface area contributed by atoms with Crippen molar-refractivity contribution in [2.75, 3.05) is 0 Å². The van der Waals surface area contributed by atoms with Crippen molar-refractivity contribution in [2.24, 2.45) is 12.2 Å². The number of aromatic nitrogens is 4. The average Bonchev–Trinajstić information content (AvgIpc) is 3.54. The molecule has 4 rings (SSSR count). The zero-order valence-corrected chi connectivity index (χ0v) is 16.6. The van der Waals surface area contributed by atoms with Gasteiger partial charge in [-0.1, -0.05) is 29.4 Å². The summed E-state index contributed by atoms with van der Waals surface area (Å²) < 4.78 is 2.42. The van der Waals surface area contributed by atoms with Gasteiger partial charge in [-0.2, -0.15) is 9.36 Å². The summed E-state index contributed by atoms with van der Waals surface area (Å²) in [4.78, 5) is 28.5. The van der Waals surface area contributed by atoms with Crippen molar-refractivity contribution >= 4 is 11.4 Å². The van der Waals surface area contributed by atoms with E-state index in [0.717, 1.165) is 24.0 Å². The maximum Gasteiger partial charge on any atom is 0.368 e. The van der Waals surface area contributed by atoms with E-state index in [2.05, 4.69) is 15.6 Å². The van der Waals surface area contributed by atoms with E-state index >= 15 is 0 Å². The maximum absolute atomic E-state index is 12.3. The highest BCUT2D eigenvalue weighted by Crippen LogP contribution is 2.42. The molecular formula is C20H20N6O4. The quantitative estimate of drug-likeness (QED) is 0.337. The van der Waals surface area contributed by atoms with E-state index in [-0.39, 0.29) is 18.0 Å². The second kappa shape index (κ2) is 7.90. The van der Waals surface area contributed by atoms with Crippen LogP contribution >= 0.6 is 0 Å². The molecule has 0 saturated heterocycles. The first-order valence-electron chi connectivity index (χ1n) is 9.48. The third kappa shape index (κ3) is 3.84. The highest BCUT2D eigenvalue weighted by atomic mass is 16.6.